The SMILES string of the molecule is FC(F)C[C@@H](c1ccc(Cl)cc1C(F)(F)F)N1CCNCC1. The fourth-order valence-electron chi connectivity index (χ4n) is 2.70. The predicted molar refractivity (Wildman–Crippen MR) is 74.3 cm³/mol. The Kier molecular flexibility index (Phi) is 5.63. The Morgan fingerprint density at radius 2 is 1.82 bits per heavy atom. The monoisotopic (exact) mass is 342 g/mol. The van der Waals surface area contributed by atoms with Crippen LogP contribution in [0.25, 0.3) is 0 Å². The molecule has 2 nitrogen and oxygen atoms in total. The quantitative estimate of drug-likeness (QED) is 0.833. The van der Waals surface area contributed by atoms with Crippen molar-refractivity contribution < 1.29 is 22.0 Å². The third-order valence-corrected chi connectivity index (χ3v) is 3.91. The van der Waals surface area contributed by atoms with Gasteiger partial charge < -0.3 is 5.32 Å². The molecular weight excluding hydrogens is 327 g/mol. The molecule has 1 saturated heterocycles. The lowest BCUT2D eigenvalue weighted by Gasteiger charge is -2.36. The van der Waals surface area contributed by atoms with Crippen LogP contribution >= 0.6 is 11.6 Å². The molecule has 0 unspecified atom stereocenters. The molecule has 0 aromatic heterocycles. The minimum Gasteiger partial charge on any atom is -0.314 e. The Hall–Kier alpha value is -0.920. The van der Waals surface area contributed by atoms with Gasteiger partial charge in [0.1, 0.15) is 0 Å². The van der Waals surface area contributed by atoms with Crippen LogP contribution < -0.4 is 5.32 Å². The maximum absolute atomic E-state index is 13.2. The summed E-state index contributed by atoms with van der Waals surface area (Å²) in [4.78, 5) is 1.67. The first-order chi connectivity index (χ1) is 10.3. The predicted octanol–water partition coefficient (Wildman–Crippen LogP) is 3.96. The number of halogens is 6. The number of rotatable bonds is 4. The number of nitrogens with one attached hydrogen (secondary N) is 1. The summed E-state index contributed by atoms with van der Waals surface area (Å²) in [5.41, 5.74) is -1.08. The van der Waals surface area contributed by atoms with Gasteiger partial charge in [-0.3, -0.25) is 4.90 Å². The van der Waals surface area contributed by atoms with Crippen LogP contribution in [0, 0.1) is 0 Å². The van der Waals surface area contributed by atoms with Crippen molar-refractivity contribution in [3.8, 4) is 0 Å². The van der Waals surface area contributed by atoms with E-state index in [0.29, 0.717) is 26.2 Å². The second kappa shape index (κ2) is 7.10. The highest BCUT2D eigenvalue weighted by atomic mass is 35.5. The summed E-state index contributed by atoms with van der Waals surface area (Å²) in [5.74, 6) is 0. The second-order valence-electron chi connectivity index (χ2n) is 5.16. The van der Waals surface area contributed by atoms with Crippen molar-refractivity contribution in [3.63, 3.8) is 0 Å². The molecule has 0 saturated carbocycles. The van der Waals surface area contributed by atoms with Crippen molar-refractivity contribution in [2.24, 2.45) is 0 Å². The molecule has 1 aromatic carbocycles. The molecule has 0 spiro atoms. The summed E-state index contributed by atoms with van der Waals surface area (Å²) in [7, 11) is 0. The van der Waals surface area contributed by atoms with Crippen LogP contribution in [-0.4, -0.2) is 37.5 Å². The molecule has 1 atom stereocenters. The summed E-state index contributed by atoms with van der Waals surface area (Å²) in [5, 5.41) is 2.99. The fraction of sp³-hybridized carbons (Fsp3) is 0.571. The molecule has 1 aliphatic heterocycles. The first kappa shape index (κ1) is 17.4. The van der Waals surface area contributed by atoms with E-state index in [-0.39, 0.29) is 10.6 Å². The van der Waals surface area contributed by atoms with Crippen molar-refractivity contribution in [1.29, 1.82) is 0 Å². The number of benzene rings is 1. The molecule has 124 valence electrons. The number of nitrogens with zero attached hydrogens (tertiary/aromatic N) is 1. The van der Waals surface area contributed by atoms with Crippen molar-refractivity contribution >= 4 is 11.6 Å². The van der Waals surface area contributed by atoms with Gasteiger partial charge in [-0.15, -0.1) is 0 Å². The highest BCUT2D eigenvalue weighted by Crippen LogP contribution is 2.39. The fourth-order valence-corrected chi connectivity index (χ4v) is 2.87. The average molecular weight is 343 g/mol. The number of piperazine rings is 1. The van der Waals surface area contributed by atoms with Gasteiger partial charge in [-0.2, -0.15) is 13.2 Å². The molecule has 1 aromatic rings. The van der Waals surface area contributed by atoms with Crippen molar-refractivity contribution in [2.45, 2.75) is 25.1 Å². The van der Waals surface area contributed by atoms with E-state index in [1.54, 1.807) is 4.90 Å². The molecular formula is C14H16ClF5N2. The van der Waals surface area contributed by atoms with E-state index in [4.69, 9.17) is 11.6 Å². The molecule has 0 bridgehead atoms. The summed E-state index contributed by atoms with van der Waals surface area (Å²) >= 11 is 5.65. The molecule has 1 fully saturated rings. The maximum Gasteiger partial charge on any atom is 0.416 e. The molecule has 1 N–H and O–H groups in total. The van der Waals surface area contributed by atoms with Gasteiger partial charge in [0.05, 0.1) is 5.56 Å². The zero-order valence-electron chi connectivity index (χ0n) is 11.6. The highest BCUT2D eigenvalue weighted by Gasteiger charge is 2.37. The standard InChI is InChI=1S/C14H16ClF5N2/c15-9-1-2-10(11(7-9)14(18,19)20)12(8-13(16)17)22-5-3-21-4-6-22/h1-2,7,12-13,21H,3-6,8H2/t12-/m0/s1. The molecule has 8 heteroatoms. The van der Waals surface area contributed by atoms with Gasteiger partial charge in [-0.25, -0.2) is 8.78 Å². The lowest BCUT2D eigenvalue weighted by Crippen LogP contribution is -2.45. The van der Waals surface area contributed by atoms with Gasteiger partial charge >= 0.3 is 6.18 Å². The molecule has 22 heavy (non-hydrogen) atoms. The van der Waals surface area contributed by atoms with Gasteiger partial charge in [-0.1, -0.05) is 17.7 Å². The Labute approximate surface area is 130 Å². The molecule has 0 amide bonds. The molecule has 2 rings (SSSR count). The molecule has 1 aliphatic rings. The van der Waals surface area contributed by atoms with Crippen LogP contribution in [-0.2, 0) is 6.18 Å². The minimum absolute atomic E-state index is 0.0628. The summed E-state index contributed by atoms with van der Waals surface area (Å²) < 4.78 is 65.4. The zero-order chi connectivity index (χ0) is 16.3. The maximum atomic E-state index is 13.2. The lowest BCUT2D eigenvalue weighted by molar-refractivity contribution is -0.139. The van der Waals surface area contributed by atoms with Crippen LogP contribution in [0.2, 0.25) is 5.02 Å². The zero-order valence-corrected chi connectivity index (χ0v) is 12.4. The molecule has 0 aliphatic carbocycles. The van der Waals surface area contributed by atoms with Crippen molar-refractivity contribution in [1.82, 2.24) is 10.2 Å². The van der Waals surface area contributed by atoms with Crippen LogP contribution in [0.3, 0.4) is 0 Å². The topological polar surface area (TPSA) is 15.3 Å². The lowest BCUT2D eigenvalue weighted by atomic mass is 9.95. The largest absolute Gasteiger partial charge is 0.416 e. The third-order valence-electron chi connectivity index (χ3n) is 3.67. The Bertz CT molecular complexity index is 500. The van der Waals surface area contributed by atoms with Gasteiger partial charge in [0.15, 0.2) is 0 Å². The van der Waals surface area contributed by atoms with Crippen LogP contribution in [0.5, 0.6) is 0 Å². The van der Waals surface area contributed by atoms with Gasteiger partial charge in [-0.05, 0) is 17.7 Å². The molecule has 0 radical (unpaired) electrons. The first-order valence-electron chi connectivity index (χ1n) is 6.88. The van der Waals surface area contributed by atoms with E-state index < -0.39 is 30.6 Å². The highest BCUT2D eigenvalue weighted by molar-refractivity contribution is 6.30. The normalized spacial score (nSPS) is 18.7. The summed E-state index contributed by atoms with van der Waals surface area (Å²) in [6.45, 7) is 1.98. The van der Waals surface area contributed by atoms with Gasteiger partial charge in [0.25, 0.3) is 0 Å². The van der Waals surface area contributed by atoms with Crippen molar-refractivity contribution in [3.05, 3.63) is 34.3 Å². The summed E-state index contributed by atoms with van der Waals surface area (Å²) in [6.07, 6.45) is -7.95. The van der Waals surface area contributed by atoms with Crippen LogP contribution in [0.4, 0.5) is 22.0 Å². The summed E-state index contributed by atoms with van der Waals surface area (Å²) in [6, 6.07) is 2.35. The number of alkyl halides is 5. The van der Waals surface area contributed by atoms with E-state index >= 15 is 0 Å². The van der Waals surface area contributed by atoms with Gasteiger partial charge in [0, 0.05) is 43.7 Å². The van der Waals surface area contributed by atoms with E-state index in [9.17, 15) is 22.0 Å². The smallest absolute Gasteiger partial charge is 0.314 e. The van der Waals surface area contributed by atoms with Crippen LogP contribution in [0.1, 0.15) is 23.6 Å². The minimum atomic E-state index is -4.63. The second-order valence-corrected chi connectivity index (χ2v) is 5.59. The number of hydrogen-bond acceptors (Lipinski definition) is 2. The third kappa shape index (κ3) is 4.30. The average Bonchev–Trinajstić information content (AvgIpc) is 2.45. The first-order valence-corrected chi connectivity index (χ1v) is 7.26. The Morgan fingerprint density at radius 3 is 2.36 bits per heavy atom. The Balaban J connectivity index is 2.42. The number of hydrogen-bond donors (Lipinski definition) is 1. The van der Waals surface area contributed by atoms with E-state index in [1.807, 2.05) is 0 Å². The molecule has 1 heterocycles. The van der Waals surface area contributed by atoms with Crippen LogP contribution in [0.15, 0.2) is 18.2 Å². The van der Waals surface area contributed by atoms with E-state index in [0.717, 1.165) is 6.07 Å². The van der Waals surface area contributed by atoms with E-state index in [2.05, 4.69) is 5.32 Å². The van der Waals surface area contributed by atoms with Crippen molar-refractivity contribution in [2.75, 3.05) is 26.2 Å². The Morgan fingerprint density at radius 1 is 1.18 bits per heavy atom. The van der Waals surface area contributed by atoms with E-state index in [1.165, 1.54) is 12.1 Å². The van der Waals surface area contributed by atoms with Gasteiger partial charge in [0.2, 0.25) is 6.43 Å².